The number of amides is 1. The number of nitrogens with one attached hydrogen (secondary N) is 1. The van der Waals surface area contributed by atoms with Crippen LogP contribution in [0.15, 0.2) is 23.1 Å². The van der Waals surface area contributed by atoms with Crippen molar-refractivity contribution < 1.29 is 9.53 Å². The van der Waals surface area contributed by atoms with Crippen molar-refractivity contribution in [2.45, 2.75) is 26.3 Å². The van der Waals surface area contributed by atoms with Gasteiger partial charge in [0.1, 0.15) is 6.54 Å². The quantitative estimate of drug-likeness (QED) is 0.833. The number of anilines is 1. The standard InChI is InChI=1S/C14H21N3O3/c1-14(4-6-20-7-5-14)10-16-12(18)9-17-8-11(15)2-3-13(17)19/h2-3,8H,4-7,9-10,15H2,1H3,(H,16,18). The molecular formula is C14H21N3O3. The summed E-state index contributed by atoms with van der Waals surface area (Å²) in [5.74, 6) is -0.176. The smallest absolute Gasteiger partial charge is 0.251 e. The third kappa shape index (κ3) is 3.84. The van der Waals surface area contributed by atoms with Gasteiger partial charge in [-0.15, -0.1) is 0 Å². The van der Waals surface area contributed by atoms with Gasteiger partial charge in [0.25, 0.3) is 5.56 Å². The summed E-state index contributed by atoms with van der Waals surface area (Å²) in [5.41, 5.74) is 5.92. The van der Waals surface area contributed by atoms with E-state index in [0.717, 1.165) is 26.1 Å². The Morgan fingerprint density at radius 3 is 2.85 bits per heavy atom. The number of nitrogen functional groups attached to an aromatic ring is 1. The first-order chi connectivity index (χ1) is 9.48. The lowest BCUT2D eigenvalue weighted by atomic mass is 9.82. The average molecular weight is 279 g/mol. The molecule has 0 unspecified atom stereocenters. The lowest BCUT2D eigenvalue weighted by Gasteiger charge is -2.33. The molecular weight excluding hydrogens is 258 g/mol. The van der Waals surface area contributed by atoms with E-state index in [2.05, 4.69) is 12.2 Å². The number of aromatic nitrogens is 1. The topological polar surface area (TPSA) is 86.4 Å². The van der Waals surface area contributed by atoms with Crippen LogP contribution in [-0.2, 0) is 16.1 Å². The molecule has 1 amide bonds. The summed E-state index contributed by atoms with van der Waals surface area (Å²) in [5, 5.41) is 2.89. The monoisotopic (exact) mass is 279 g/mol. The van der Waals surface area contributed by atoms with Crippen molar-refractivity contribution in [2.24, 2.45) is 5.41 Å². The molecule has 20 heavy (non-hydrogen) atoms. The molecule has 6 nitrogen and oxygen atoms in total. The molecule has 6 heteroatoms. The third-order valence-corrected chi connectivity index (χ3v) is 3.73. The summed E-state index contributed by atoms with van der Waals surface area (Å²) in [6, 6.07) is 2.89. The van der Waals surface area contributed by atoms with Crippen LogP contribution in [0.1, 0.15) is 19.8 Å². The Hall–Kier alpha value is -1.82. The Morgan fingerprint density at radius 2 is 2.15 bits per heavy atom. The van der Waals surface area contributed by atoms with Crippen LogP contribution in [-0.4, -0.2) is 30.2 Å². The third-order valence-electron chi connectivity index (χ3n) is 3.73. The van der Waals surface area contributed by atoms with Crippen LogP contribution in [0.5, 0.6) is 0 Å². The van der Waals surface area contributed by atoms with Gasteiger partial charge in [0.15, 0.2) is 0 Å². The van der Waals surface area contributed by atoms with E-state index in [1.54, 1.807) is 0 Å². The lowest BCUT2D eigenvalue weighted by molar-refractivity contribution is -0.122. The van der Waals surface area contributed by atoms with Crippen molar-refractivity contribution in [3.8, 4) is 0 Å². The number of pyridine rings is 1. The first-order valence-corrected chi connectivity index (χ1v) is 6.79. The van der Waals surface area contributed by atoms with Crippen molar-refractivity contribution in [3.05, 3.63) is 28.7 Å². The molecule has 0 saturated carbocycles. The molecule has 1 fully saturated rings. The number of ether oxygens (including phenoxy) is 1. The molecule has 2 rings (SSSR count). The van der Waals surface area contributed by atoms with Gasteiger partial charge in [-0.2, -0.15) is 0 Å². The highest BCUT2D eigenvalue weighted by atomic mass is 16.5. The normalized spacial score (nSPS) is 17.6. The van der Waals surface area contributed by atoms with E-state index in [0.29, 0.717) is 12.2 Å². The van der Waals surface area contributed by atoms with E-state index in [-0.39, 0.29) is 23.4 Å². The average Bonchev–Trinajstić information content (AvgIpc) is 2.42. The molecule has 1 aromatic rings. The van der Waals surface area contributed by atoms with E-state index >= 15 is 0 Å². The Kier molecular flexibility index (Phi) is 4.44. The molecule has 1 aliphatic heterocycles. The summed E-state index contributed by atoms with van der Waals surface area (Å²) in [6.07, 6.45) is 3.36. The van der Waals surface area contributed by atoms with Crippen molar-refractivity contribution in [1.29, 1.82) is 0 Å². The molecule has 1 aliphatic rings. The van der Waals surface area contributed by atoms with Gasteiger partial charge in [-0.05, 0) is 24.3 Å². The Bertz CT molecular complexity index is 533. The number of carbonyl (C=O) groups excluding carboxylic acids is 1. The van der Waals surface area contributed by atoms with Crippen LogP contribution in [0.3, 0.4) is 0 Å². The maximum atomic E-state index is 11.9. The first kappa shape index (κ1) is 14.6. The minimum Gasteiger partial charge on any atom is -0.398 e. The zero-order valence-electron chi connectivity index (χ0n) is 11.7. The van der Waals surface area contributed by atoms with E-state index in [1.807, 2.05) is 0 Å². The van der Waals surface area contributed by atoms with Crippen LogP contribution in [0.25, 0.3) is 0 Å². The van der Waals surface area contributed by atoms with Crippen LogP contribution in [0.2, 0.25) is 0 Å². The summed E-state index contributed by atoms with van der Waals surface area (Å²) < 4.78 is 6.64. The van der Waals surface area contributed by atoms with Gasteiger partial charge in [-0.3, -0.25) is 9.59 Å². The fraction of sp³-hybridized carbons (Fsp3) is 0.571. The Labute approximate surface area is 117 Å². The number of rotatable bonds is 4. The molecule has 110 valence electrons. The number of carbonyl (C=O) groups is 1. The largest absolute Gasteiger partial charge is 0.398 e. The van der Waals surface area contributed by atoms with Crippen LogP contribution < -0.4 is 16.6 Å². The highest BCUT2D eigenvalue weighted by molar-refractivity contribution is 5.75. The van der Waals surface area contributed by atoms with Gasteiger partial charge in [0.05, 0.1) is 0 Å². The number of nitrogens with two attached hydrogens (primary N) is 1. The van der Waals surface area contributed by atoms with Crippen LogP contribution >= 0.6 is 0 Å². The van der Waals surface area contributed by atoms with E-state index in [4.69, 9.17) is 10.5 Å². The number of hydrogen-bond donors (Lipinski definition) is 2. The lowest BCUT2D eigenvalue weighted by Crippen LogP contribution is -2.41. The maximum absolute atomic E-state index is 11.9. The van der Waals surface area contributed by atoms with Crippen molar-refractivity contribution in [1.82, 2.24) is 9.88 Å². The first-order valence-electron chi connectivity index (χ1n) is 6.79. The Morgan fingerprint density at radius 1 is 1.45 bits per heavy atom. The van der Waals surface area contributed by atoms with E-state index < -0.39 is 0 Å². The zero-order valence-corrected chi connectivity index (χ0v) is 11.7. The summed E-state index contributed by atoms with van der Waals surface area (Å²) in [6.45, 7) is 4.22. The second-order valence-corrected chi connectivity index (χ2v) is 5.63. The van der Waals surface area contributed by atoms with Gasteiger partial charge < -0.3 is 20.4 Å². The van der Waals surface area contributed by atoms with Gasteiger partial charge in [0.2, 0.25) is 5.91 Å². The SMILES string of the molecule is CC1(CNC(=O)Cn2cc(N)ccc2=O)CCOCC1. The van der Waals surface area contributed by atoms with Crippen molar-refractivity contribution >= 4 is 11.6 Å². The number of hydrogen-bond acceptors (Lipinski definition) is 4. The summed E-state index contributed by atoms with van der Waals surface area (Å²) in [4.78, 5) is 23.5. The molecule has 0 aromatic carbocycles. The van der Waals surface area contributed by atoms with Crippen LogP contribution in [0, 0.1) is 5.41 Å². The van der Waals surface area contributed by atoms with E-state index in [1.165, 1.54) is 22.9 Å². The van der Waals surface area contributed by atoms with Crippen LogP contribution in [0.4, 0.5) is 5.69 Å². The van der Waals surface area contributed by atoms with Crippen molar-refractivity contribution in [2.75, 3.05) is 25.5 Å². The fourth-order valence-electron chi connectivity index (χ4n) is 2.24. The molecule has 0 atom stereocenters. The van der Waals surface area contributed by atoms with Gasteiger partial charge in [-0.1, -0.05) is 6.92 Å². The molecule has 0 aliphatic carbocycles. The molecule has 1 saturated heterocycles. The van der Waals surface area contributed by atoms with Gasteiger partial charge >= 0.3 is 0 Å². The minimum absolute atomic E-state index is 0.00352. The highest BCUT2D eigenvalue weighted by Crippen LogP contribution is 2.28. The maximum Gasteiger partial charge on any atom is 0.251 e. The van der Waals surface area contributed by atoms with Gasteiger partial charge in [0, 0.05) is 37.7 Å². The minimum atomic E-state index is -0.230. The number of nitrogens with zero attached hydrogens (tertiary/aromatic N) is 1. The molecule has 0 bridgehead atoms. The zero-order chi connectivity index (χ0) is 14.6. The highest BCUT2D eigenvalue weighted by Gasteiger charge is 2.27. The Balaban J connectivity index is 1.89. The summed E-state index contributed by atoms with van der Waals surface area (Å²) in [7, 11) is 0. The van der Waals surface area contributed by atoms with Gasteiger partial charge in [-0.25, -0.2) is 0 Å². The molecule has 1 aromatic heterocycles. The van der Waals surface area contributed by atoms with E-state index in [9.17, 15) is 9.59 Å². The van der Waals surface area contributed by atoms with Crippen molar-refractivity contribution in [3.63, 3.8) is 0 Å². The second kappa shape index (κ2) is 6.09. The molecule has 3 N–H and O–H groups in total. The second-order valence-electron chi connectivity index (χ2n) is 5.63. The predicted molar refractivity (Wildman–Crippen MR) is 76.3 cm³/mol. The fourth-order valence-corrected chi connectivity index (χ4v) is 2.24. The molecule has 2 heterocycles. The molecule has 0 radical (unpaired) electrons. The molecule has 0 spiro atoms. The predicted octanol–water partition coefficient (Wildman–Crippen LogP) is 0.363. The summed E-state index contributed by atoms with van der Waals surface area (Å²) >= 11 is 0.